The van der Waals surface area contributed by atoms with Crippen molar-refractivity contribution < 1.29 is 14.3 Å². The lowest BCUT2D eigenvalue weighted by Gasteiger charge is -2.04. The molecule has 0 aliphatic heterocycles. The van der Waals surface area contributed by atoms with Gasteiger partial charge in [0.05, 0.1) is 17.7 Å². The molecule has 0 aliphatic rings. The molecular weight excluding hydrogens is 204 g/mol. The van der Waals surface area contributed by atoms with Crippen molar-refractivity contribution in [3.05, 3.63) is 34.3 Å². The van der Waals surface area contributed by atoms with E-state index in [0.29, 0.717) is 5.56 Å². The van der Waals surface area contributed by atoms with Gasteiger partial charge in [-0.25, -0.2) is 4.79 Å². The Kier molecular flexibility index (Phi) is 3.25. The van der Waals surface area contributed by atoms with E-state index in [-0.39, 0.29) is 10.6 Å². The van der Waals surface area contributed by atoms with Crippen LogP contribution < -0.4 is 0 Å². The van der Waals surface area contributed by atoms with E-state index in [1.807, 2.05) is 0 Å². The fraction of sp³-hybridized carbons (Fsp3) is 0.200. The molecular formula is C10H9ClO3. The van der Waals surface area contributed by atoms with Gasteiger partial charge in [0, 0.05) is 0 Å². The summed E-state index contributed by atoms with van der Waals surface area (Å²) < 4.78 is 4.33. The number of carbonyl (C=O) groups is 2. The van der Waals surface area contributed by atoms with Gasteiger partial charge in [-0.2, -0.15) is 0 Å². The third-order valence-electron chi connectivity index (χ3n) is 1.82. The summed E-state index contributed by atoms with van der Waals surface area (Å²) in [5.41, 5.74) is 0.869. The van der Waals surface area contributed by atoms with Crippen molar-refractivity contribution in [2.75, 3.05) is 7.11 Å². The average molecular weight is 213 g/mol. The normalized spacial score (nSPS) is 9.64. The van der Waals surface area contributed by atoms with E-state index in [4.69, 9.17) is 11.6 Å². The van der Waals surface area contributed by atoms with Gasteiger partial charge in [-0.1, -0.05) is 23.7 Å². The van der Waals surface area contributed by atoms with E-state index in [9.17, 15) is 9.59 Å². The highest BCUT2D eigenvalue weighted by Gasteiger charge is 2.21. The smallest absolute Gasteiger partial charge is 0.379 e. The van der Waals surface area contributed by atoms with E-state index < -0.39 is 11.8 Å². The molecule has 0 saturated carbocycles. The summed E-state index contributed by atoms with van der Waals surface area (Å²) in [5, 5.41) is 0.264. The standard InChI is InChI=1S/C10H9ClO3/c1-6-4-3-5-7(11)8(6)9(12)10(13)14-2/h3-5H,1-2H3. The number of benzene rings is 1. The lowest BCUT2D eigenvalue weighted by molar-refractivity contribution is -0.135. The number of aryl methyl sites for hydroxylation is 1. The van der Waals surface area contributed by atoms with Crippen molar-refractivity contribution in [2.24, 2.45) is 0 Å². The number of hydrogen-bond donors (Lipinski definition) is 0. The summed E-state index contributed by atoms with van der Waals surface area (Å²) in [6, 6.07) is 4.98. The predicted molar refractivity (Wildman–Crippen MR) is 52.5 cm³/mol. The first kappa shape index (κ1) is 10.7. The van der Waals surface area contributed by atoms with E-state index in [1.54, 1.807) is 25.1 Å². The highest BCUT2D eigenvalue weighted by Crippen LogP contribution is 2.20. The van der Waals surface area contributed by atoms with Gasteiger partial charge in [0.2, 0.25) is 0 Å². The van der Waals surface area contributed by atoms with Crippen LogP contribution in [0.5, 0.6) is 0 Å². The van der Waals surface area contributed by atoms with Gasteiger partial charge < -0.3 is 4.74 Å². The van der Waals surface area contributed by atoms with Gasteiger partial charge in [0.15, 0.2) is 0 Å². The minimum Gasteiger partial charge on any atom is -0.463 e. The summed E-state index contributed by atoms with van der Waals surface area (Å²) in [7, 11) is 1.16. The highest BCUT2D eigenvalue weighted by molar-refractivity contribution is 6.45. The van der Waals surface area contributed by atoms with Crippen LogP contribution in [0.15, 0.2) is 18.2 Å². The summed E-state index contributed by atoms with van der Waals surface area (Å²) >= 11 is 5.80. The first-order valence-electron chi connectivity index (χ1n) is 3.95. The molecule has 1 aromatic rings. The van der Waals surface area contributed by atoms with Gasteiger partial charge in [-0.3, -0.25) is 4.79 Å². The van der Waals surface area contributed by atoms with Crippen LogP contribution in [0.1, 0.15) is 15.9 Å². The highest BCUT2D eigenvalue weighted by atomic mass is 35.5. The van der Waals surface area contributed by atoms with Crippen molar-refractivity contribution in [1.82, 2.24) is 0 Å². The molecule has 4 heteroatoms. The van der Waals surface area contributed by atoms with Gasteiger partial charge >= 0.3 is 5.97 Å². The maximum atomic E-state index is 11.5. The van der Waals surface area contributed by atoms with Crippen LogP contribution >= 0.6 is 11.6 Å². The summed E-state index contributed by atoms with van der Waals surface area (Å²) in [4.78, 5) is 22.4. The van der Waals surface area contributed by atoms with Gasteiger partial charge in [0.25, 0.3) is 5.78 Å². The molecule has 0 amide bonds. The molecule has 0 atom stereocenters. The van der Waals surface area contributed by atoms with Crippen molar-refractivity contribution in [3.63, 3.8) is 0 Å². The molecule has 0 fully saturated rings. The topological polar surface area (TPSA) is 43.4 Å². The first-order valence-corrected chi connectivity index (χ1v) is 4.33. The molecule has 0 spiro atoms. The van der Waals surface area contributed by atoms with Crippen LogP contribution in [-0.4, -0.2) is 18.9 Å². The second-order valence-electron chi connectivity index (χ2n) is 2.75. The molecule has 0 aliphatic carbocycles. The summed E-state index contributed by atoms with van der Waals surface area (Å²) in [6.45, 7) is 1.71. The molecule has 3 nitrogen and oxygen atoms in total. The first-order chi connectivity index (χ1) is 6.57. The largest absolute Gasteiger partial charge is 0.463 e. The fourth-order valence-electron chi connectivity index (χ4n) is 1.11. The van der Waals surface area contributed by atoms with Gasteiger partial charge in [-0.15, -0.1) is 0 Å². The Morgan fingerprint density at radius 2 is 2.00 bits per heavy atom. The number of methoxy groups -OCH3 is 1. The number of rotatable bonds is 2. The molecule has 0 unspecified atom stereocenters. The van der Waals surface area contributed by atoms with Gasteiger partial charge in [-0.05, 0) is 18.6 Å². The lowest BCUT2D eigenvalue weighted by atomic mass is 10.1. The molecule has 0 heterocycles. The number of hydrogen-bond acceptors (Lipinski definition) is 3. The Bertz CT molecular complexity index is 365. The molecule has 1 aromatic carbocycles. The van der Waals surface area contributed by atoms with Crippen LogP contribution in [0.3, 0.4) is 0 Å². The number of ketones is 1. The quantitative estimate of drug-likeness (QED) is 0.428. The Morgan fingerprint density at radius 3 is 2.50 bits per heavy atom. The van der Waals surface area contributed by atoms with Crippen molar-refractivity contribution in [1.29, 1.82) is 0 Å². The van der Waals surface area contributed by atoms with Crippen molar-refractivity contribution >= 4 is 23.4 Å². The van der Waals surface area contributed by atoms with Crippen molar-refractivity contribution in [2.45, 2.75) is 6.92 Å². The third kappa shape index (κ3) is 1.93. The zero-order valence-electron chi connectivity index (χ0n) is 7.83. The Labute approximate surface area is 86.6 Å². The fourth-order valence-corrected chi connectivity index (χ4v) is 1.42. The van der Waals surface area contributed by atoms with E-state index >= 15 is 0 Å². The molecule has 0 N–H and O–H groups in total. The number of ether oxygens (including phenoxy) is 1. The molecule has 0 aromatic heterocycles. The molecule has 1 rings (SSSR count). The van der Waals surface area contributed by atoms with Crippen LogP contribution in [0.4, 0.5) is 0 Å². The Hall–Kier alpha value is -1.35. The third-order valence-corrected chi connectivity index (χ3v) is 2.13. The number of halogens is 1. The second kappa shape index (κ2) is 4.24. The zero-order chi connectivity index (χ0) is 10.7. The number of Topliss-reactive ketones (excluding diaryl/α,β-unsaturated/α-hetero) is 1. The number of carbonyl (C=O) groups excluding carboxylic acids is 2. The average Bonchev–Trinajstić information content (AvgIpc) is 2.16. The van der Waals surface area contributed by atoms with E-state index in [2.05, 4.69) is 4.74 Å². The maximum Gasteiger partial charge on any atom is 0.379 e. The molecule has 0 radical (unpaired) electrons. The molecule has 0 saturated heterocycles. The Balaban J connectivity index is 3.19. The van der Waals surface area contributed by atoms with Gasteiger partial charge in [0.1, 0.15) is 0 Å². The Morgan fingerprint density at radius 1 is 1.36 bits per heavy atom. The number of esters is 1. The monoisotopic (exact) mass is 212 g/mol. The second-order valence-corrected chi connectivity index (χ2v) is 3.16. The molecule has 14 heavy (non-hydrogen) atoms. The minimum absolute atomic E-state index is 0.209. The van der Waals surface area contributed by atoms with Crippen molar-refractivity contribution in [3.8, 4) is 0 Å². The molecule has 74 valence electrons. The van der Waals surface area contributed by atoms with Crippen LogP contribution in [0, 0.1) is 6.92 Å². The summed E-state index contributed by atoms with van der Waals surface area (Å²) in [6.07, 6.45) is 0. The van der Waals surface area contributed by atoms with Crippen LogP contribution in [0.25, 0.3) is 0 Å². The van der Waals surface area contributed by atoms with E-state index in [0.717, 1.165) is 7.11 Å². The minimum atomic E-state index is -0.902. The van der Waals surface area contributed by atoms with Crippen LogP contribution in [-0.2, 0) is 9.53 Å². The van der Waals surface area contributed by atoms with E-state index in [1.165, 1.54) is 0 Å². The maximum absolute atomic E-state index is 11.5. The molecule has 0 bridgehead atoms. The lowest BCUT2D eigenvalue weighted by Crippen LogP contribution is -2.17. The predicted octanol–water partition coefficient (Wildman–Crippen LogP) is 2.00. The SMILES string of the molecule is COC(=O)C(=O)c1c(C)cccc1Cl. The van der Waals surface area contributed by atoms with Crippen LogP contribution in [0.2, 0.25) is 5.02 Å². The summed E-state index contributed by atoms with van der Waals surface area (Å²) in [5.74, 6) is -1.61. The zero-order valence-corrected chi connectivity index (χ0v) is 8.59.